The molecule has 1 aromatic rings. The minimum absolute atomic E-state index is 0. The summed E-state index contributed by atoms with van der Waals surface area (Å²) in [4.78, 5) is 13.4. The van der Waals surface area contributed by atoms with E-state index in [1.165, 1.54) is 12.1 Å². The molecule has 0 saturated heterocycles. The summed E-state index contributed by atoms with van der Waals surface area (Å²) in [5.74, 6) is -0.240. The predicted octanol–water partition coefficient (Wildman–Crippen LogP) is 1.84. The number of halogens is 3. The van der Waals surface area contributed by atoms with E-state index in [9.17, 15) is 17.7 Å². The molecule has 0 aliphatic rings. The van der Waals surface area contributed by atoms with Crippen LogP contribution in [0.2, 0.25) is 0 Å². The molecule has 95 valence electrons. The summed E-state index contributed by atoms with van der Waals surface area (Å²) in [6.07, 6.45) is 0. The fourth-order valence-corrected chi connectivity index (χ4v) is 1.54. The van der Waals surface area contributed by atoms with Crippen LogP contribution < -0.4 is 5.46 Å². The number of hydrogen-bond acceptors (Lipinski definition) is 1. The number of hydrogen-bond donors (Lipinski definition) is 0. The zero-order valence-electron chi connectivity index (χ0n) is 10.8. The molecule has 2 nitrogen and oxygen atoms in total. The van der Waals surface area contributed by atoms with E-state index < -0.39 is 12.4 Å². The van der Waals surface area contributed by atoms with Gasteiger partial charge in [0.15, 0.2) is 0 Å². The van der Waals surface area contributed by atoms with Crippen LogP contribution in [0.4, 0.5) is 12.9 Å². The maximum Gasteiger partial charge on any atom is 0.509 e. The number of benzene rings is 1. The summed E-state index contributed by atoms with van der Waals surface area (Å²) < 4.78 is 37.1. The van der Waals surface area contributed by atoms with Crippen molar-refractivity contribution in [2.45, 2.75) is 13.8 Å². The van der Waals surface area contributed by atoms with Gasteiger partial charge in [-0.2, -0.15) is 0 Å². The first-order valence-corrected chi connectivity index (χ1v) is 5.49. The van der Waals surface area contributed by atoms with Crippen molar-refractivity contribution >= 4 is 69.7 Å². The average molecular weight is 283 g/mol. The third-order valence-electron chi connectivity index (χ3n) is 2.59. The number of amides is 1. The number of carbonyl (C=O) groups excluding carboxylic acids is 1. The molecular formula is C11H14BF3KNO-. The van der Waals surface area contributed by atoms with Gasteiger partial charge in [-0.1, -0.05) is 24.3 Å². The van der Waals surface area contributed by atoms with Crippen molar-refractivity contribution in [3.63, 3.8) is 0 Å². The SMILES string of the molecule is CCN(CC)C(=O)c1ccc([B-](F)(F)F)cc1.[K]. The number of nitrogens with zero attached hydrogens (tertiary/aromatic N) is 1. The molecule has 0 N–H and O–H groups in total. The normalized spacial score (nSPS) is 10.7. The van der Waals surface area contributed by atoms with E-state index in [1.54, 1.807) is 4.90 Å². The summed E-state index contributed by atoms with van der Waals surface area (Å²) in [7, 11) is 0. The van der Waals surface area contributed by atoms with Crippen molar-refractivity contribution in [2.24, 2.45) is 0 Å². The fraction of sp³-hybridized carbons (Fsp3) is 0.364. The predicted molar refractivity (Wildman–Crippen MR) is 68.2 cm³/mol. The smallest absolute Gasteiger partial charge is 0.445 e. The van der Waals surface area contributed by atoms with Crippen LogP contribution in [0.5, 0.6) is 0 Å². The first-order chi connectivity index (χ1) is 7.90. The molecule has 1 aromatic carbocycles. The van der Waals surface area contributed by atoms with Crippen LogP contribution in [-0.2, 0) is 0 Å². The second kappa shape index (κ2) is 7.69. The zero-order valence-corrected chi connectivity index (χ0v) is 13.9. The molecule has 0 unspecified atom stereocenters. The summed E-state index contributed by atoms with van der Waals surface area (Å²) in [5, 5.41) is 0. The van der Waals surface area contributed by atoms with Gasteiger partial charge < -0.3 is 17.8 Å². The Hall–Kier alpha value is 0.181. The number of carbonyl (C=O) groups is 1. The Morgan fingerprint density at radius 3 is 1.89 bits per heavy atom. The summed E-state index contributed by atoms with van der Waals surface area (Å²) in [6.45, 7) is -0.252. The van der Waals surface area contributed by atoms with Crippen molar-refractivity contribution in [1.82, 2.24) is 4.90 Å². The van der Waals surface area contributed by atoms with Crippen molar-refractivity contribution in [3.05, 3.63) is 29.8 Å². The van der Waals surface area contributed by atoms with Crippen molar-refractivity contribution in [1.29, 1.82) is 0 Å². The Bertz CT molecular complexity index is 390. The Kier molecular flexibility index (Phi) is 7.77. The molecule has 0 aliphatic heterocycles. The third kappa shape index (κ3) is 4.70. The van der Waals surface area contributed by atoms with E-state index >= 15 is 0 Å². The first kappa shape index (κ1) is 18.2. The van der Waals surface area contributed by atoms with Crippen molar-refractivity contribution in [3.8, 4) is 0 Å². The molecule has 0 atom stereocenters. The average Bonchev–Trinajstić information content (AvgIpc) is 2.29. The Labute approximate surface area is 147 Å². The van der Waals surface area contributed by atoms with E-state index in [0.29, 0.717) is 13.1 Å². The summed E-state index contributed by atoms with van der Waals surface area (Å²) in [5.41, 5.74) is -0.390. The molecule has 0 bridgehead atoms. The Morgan fingerprint density at radius 1 is 1.11 bits per heavy atom. The van der Waals surface area contributed by atoms with Gasteiger partial charge in [-0.15, -0.1) is 5.46 Å². The van der Waals surface area contributed by atoms with Crippen LogP contribution in [0.3, 0.4) is 0 Å². The molecule has 0 aliphatic carbocycles. The van der Waals surface area contributed by atoms with E-state index in [2.05, 4.69) is 0 Å². The topological polar surface area (TPSA) is 20.3 Å². The van der Waals surface area contributed by atoms with Gasteiger partial charge in [-0.25, -0.2) is 0 Å². The van der Waals surface area contributed by atoms with Gasteiger partial charge in [-0.3, -0.25) is 4.79 Å². The zero-order chi connectivity index (χ0) is 13.1. The van der Waals surface area contributed by atoms with Crippen LogP contribution in [0.15, 0.2) is 24.3 Å². The Balaban J connectivity index is 0.00000289. The summed E-state index contributed by atoms with van der Waals surface area (Å²) in [6, 6.07) is 4.36. The summed E-state index contributed by atoms with van der Waals surface area (Å²) >= 11 is 0. The third-order valence-corrected chi connectivity index (χ3v) is 2.59. The molecule has 1 radical (unpaired) electrons. The van der Waals surface area contributed by atoms with E-state index in [4.69, 9.17) is 0 Å². The molecular weight excluding hydrogens is 269 g/mol. The first-order valence-electron chi connectivity index (χ1n) is 5.49. The van der Waals surface area contributed by atoms with Crippen LogP contribution in [0.25, 0.3) is 0 Å². The van der Waals surface area contributed by atoms with Crippen LogP contribution in [-0.4, -0.2) is 82.3 Å². The van der Waals surface area contributed by atoms with Crippen molar-refractivity contribution < 1.29 is 17.7 Å². The van der Waals surface area contributed by atoms with Gasteiger partial charge in [0, 0.05) is 70.0 Å². The largest absolute Gasteiger partial charge is 0.509 e. The van der Waals surface area contributed by atoms with Crippen LogP contribution >= 0.6 is 0 Å². The van der Waals surface area contributed by atoms with Crippen LogP contribution in [0.1, 0.15) is 24.2 Å². The second-order valence-corrected chi connectivity index (χ2v) is 3.67. The molecule has 0 spiro atoms. The standard InChI is InChI=1S/C11H14BF3NO.K/c1-3-16(4-2)11(17)9-5-7-10(8-6-9)12(13,14)15;/h5-8H,3-4H2,1-2H3;/q-1;. The van der Waals surface area contributed by atoms with Crippen LogP contribution in [0, 0.1) is 0 Å². The maximum atomic E-state index is 12.4. The molecule has 0 heterocycles. The van der Waals surface area contributed by atoms with Gasteiger partial charge in [0.25, 0.3) is 5.91 Å². The molecule has 7 heteroatoms. The maximum absolute atomic E-state index is 12.4. The van der Waals surface area contributed by atoms with Crippen molar-refractivity contribution in [2.75, 3.05) is 13.1 Å². The Morgan fingerprint density at radius 2 is 1.56 bits per heavy atom. The van der Waals surface area contributed by atoms with E-state index in [1.807, 2.05) is 13.8 Å². The second-order valence-electron chi connectivity index (χ2n) is 3.67. The molecule has 0 fully saturated rings. The molecule has 0 saturated carbocycles. The van der Waals surface area contributed by atoms with Gasteiger partial charge in [0.2, 0.25) is 0 Å². The van der Waals surface area contributed by atoms with Gasteiger partial charge >= 0.3 is 6.98 Å². The molecule has 18 heavy (non-hydrogen) atoms. The molecule has 0 aromatic heterocycles. The van der Waals surface area contributed by atoms with Gasteiger partial charge in [-0.05, 0) is 13.8 Å². The quantitative estimate of drug-likeness (QED) is 0.772. The van der Waals surface area contributed by atoms with E-state index in [0.717, 1.165) is 12.1 Å². The fourth-order valence-electron chi connectivity index (χ4n) is 1.54. The molecule has 1 amide bonds. The van der Waals surface area contributed by atoms with Gasteiger partial charge in [0.05, 0.1) is 0 Å². The minimum Gasteiger partial charge on any atom is -0.445 e. The van der Waals surface area contributed by atoms with E-state index in [-0.39, 0.29) is 62.9 Å². The monoisotopic (exact) mass is 283 g/mol. The van der Waals surface area contributed by atoms with Gasteiger partial charge in [0.1, 0.15) is 0 Å². The molecule has 1 rings (SSSR count). The number of rotatable bonds is 4. The minimum atomic E-state index is -4.99.